The van der Waals surface area contributed by atoms with Crippen LogP contribution in [0.4, 0.5) is 5.69 Å². The van der Waals surface area contributed by atoms with E-state index in [4.69, 9.17) is 11.6 Å². The normalized spacial score (nSPS) is 10.3. The Bertz CT molecular complexity index is 596. The maximum atomic E-state index is 12.0. The Kier molecular flexibility index (Phi) is 4.61. The van der Waals surface area contributed by atoms with Crippen molar-refractivity contribution in [2.24, 2.45) is 0 Å². The summed E-state index contributed by atoms with van der Waals surface area (Å²) in [6.07, 6.45) is 0.346. The van der Waals surface area contributed by atoms with Crippen molar-refractivity contribution in [3.05, 3.63) is 63.1 Å². The van der Waals surface area contributed by atoms with Gasteiger partial charge in [0, 0.05) is 9.50 Å². The van der Waals surface area contributed by atoms with Gasteiger partial charge in [0.1, 0.15) is 0 Å². The van der Waals surface area contributed by atoms with E-state index >= 15 is 0 Å². The second-order valence-corrected chi connectivity index (χ2v) is 5.63. The lowest BCUT2D eigenvalue weighted by Gasteiger charge is -2.08. The molecule has 0 aliphatic heterocycles. The van der Waals surface area contributed by atoms with Crippen LogP contribution in [0.15, 0.2) is 46.9 Å². The van der Waals surface area contributed by atoms with Gasteiger partial charge < -0.3 is 5.32 Å². The van der Waals surface area contributed by atoms with Gasteiger partial charge in [0.25, 0.3) is 0 Å². The average Bonchev–Trinajstić information content (AvgIpc) is 2.37. The summed E-state index contributed by atoms with van der Waals surface area (Å²) >= 11 is 9.29. The maximum absolute atomic E-state index is 12.0. The van der Waals surface area contributed by atoms with E-state index in [0.717, 1.165) is 10.0 Å². The molecule has 0 aromatic heterocycles. The number of hydrogen-bond acceptors (Lipinski definition) is 1. The molecule has 0 aliphatic rings. The molecular weight excluding hydrogens is 326 g/mol. The van der Waals surface area contributed by atoms with Gasteiger partial charge in [-0.25, -0.2) is 0 Å². The third-order valence-corrected chi connectivity index (χ3v) is 3.61. The highest BCUT2D eigenvalue weighted by Crippen LogP contribution is 2.26. The highest BCUT2D eigenvalue weighted by Gasteiger charge is 2.07. The SMILES string of the molecule is Cc1ccc(CC(=O)Nc2cc(Cl)ccc2Br)cc1. The second-order valence-electron chi connectivity index (χ2n) is 4.33. The van der Waals surface area contributed by atoms with Gasteiger partial charge >= 0.3 is 0 Å². The number of anilines is 1. The molecule has 2 aromatic carbocycles. The number of hydrogen-bond donors (Lipinski definition) is 1. The summed E-state index contributed by atoms with van der Waals surface area (Å²) in [6.45, 7) is 2.02. The fourth-order valence-electron chi connectivity index (χ4n) is 1.68. The molecule has 0 saturated heterocycles. The minimum atomic E-state index is -0.0631. The molecule has 1 N–H and O–H groups in total. The van der Waals surface area contributed by atoms with E-state index in [1.807, 2.05) is 37.3 Å². The monoisotopic (exact) mass is 337 g/mol. The van der Waals surface area contributed by atoms with Gasteiger partial charge in [-0.2, -0.15) is 0 Å². The van der Waals surface area contributed by atoms with Crippen LogP contribution in [0.1, 0.15) is 11.1 Å². The predicted molar refractivity (Wildman–Crippen MR) is 82.7 cm³/mol. The van der Waals surface area contributed by atoms with Crippen LogP contribution < -0.4 is 5.32 Å². The summed E-state index contributed by atoms with van der Waals surface area (Å²) in [5.74, 6) is -0.0631. The standard InChI is InChI=1S/C15H13BrClNO/c1-10-2-4-11(5-3-10)8-15(19)18-14-9-12(17)6-7-13(14)16/h2-7,9H,8H2,1H3,(H,18,19). The smallest absolute Gasteiger partial charge is 0.228 e. The van der Waals surface area contributed by atoms with E-state index in [1.54, 1.807) is 12.1 Å². The molecule has 0 unspecified atom stereocenters. The Labute approximate surface area is 125 Å². The molecule has 0 fully saturated rings. The van der Waals surface area contributed by atoms with Crippen molar-refractivity contribution < 1.29 is 4.79 Å². The molecule has 2 aromatic rings. The summed E-state index contributed by atoms with van der Waals surface area (Å²) in [7, 11) is 0. The summed E-state index contributed by atoms with van der Waals surface area (Å²) in [4.78, 5) is 12.0. The van der Waals surface area contributed by atoms with Gasteiger partial charge in [0.15, 0.2) is 0 Å². The molecule has 1 amide bonds. The van der Waals surface area contributed by atoms with Crippen LogP contribution in [0, 0.1) is 6.92 Å². The van der Waals surface area contributed by atoms with Gasteiger partial charge in [-0.15, -0.1) is 0 Å². The van der Waals surface area contributed by atoms with Crippen LogP contribution >= 0.6 is 27.5 Å². The summed E-state index contributed by atoms with van der Waals surface area (Å²) in [5.41, 5.74) is 2.85. The molecular formula is C15H13BrClNO. The van der Waals surface area contributed by atoms with E-state index in [2.05, 4.69) is 21.2 Å². The van der Waals surface area contributed by atoms with Crippen molar-refractivity contribution in [2.45, 2.75) is 13.3 Å². The van der Waals surface area contributed by atoms with E-state index in [-0.39, 0.29) is 5.91 Å². The van der Waals surface area contributed by atoms with E-state index < -0.39 is 0 Å². The van der Waals surface area contributed by atoms with E-state index in [9.17, 15) is 4.79 Å². The summed E-state index contributed by atoms with van der Waals surface area (Å²) in [6, 6.07) is 13.2. The van der Waals surface area contributed by atoms with E-state index in [1.165, 1.54) is 5.56 Å². The third kappa shape index (κ3) is 4.08. The first-order valence-corrected chi connectivity index (χ1v) is 7.02. The number of rotatable bonds is 3. The van der Waals surface area contributed by atoms with Crippen LogP contribution in [0.3, 0.4) is 0 Å². The first-order chi connectivity index (χ1) is 9.04. The zero-order chi connectivity index (χ0) is 13.8. The molecule has 0 heterocycles. The Morgan fingerprint density at radius 3 is 2.58 bits per heavy atom. The highest BCUT2D eigenvalue weighted by molar-refractivity contribution is 9.10. The lowest BCUT2D eigenvalue weighted by Crippen LogP contribution is -2.14. The molecule has 0 saturated carbocycles. The molecule has 0 aliphatic carbocycles. The number of halogens is 2. The van der Waals surface area contributed by atoms with Gasteiger partial charge in [-0.05, 0) is 46.6 Å². The lowest BCUT2D eigenvalue weighted by molar-refractivity contribution is -0.115. The Balaban J connectivity index is 2.05. The quantitative estimate of drug-likeness (QED) is 0.871. The van der Waals surface area contributed by atoms with Crippen molar-refractivity contribution in [3.8, 4) is 0 Å². The summed E-state index contributed by atoms with van der Waals surface area (Å²) < 4.78 is 0.814. The highest BCUT2D eigenvalue weighted by atomic mass is 79.9. The minimum absolute atomic E-state index is 0.0631. The molecule has 0 spiro atoms. The Hall–Kier alpha value is -1.32. The molecule has 0 radical (unpaired) electrons. The minimum Gasteiger partial charge on any atom is -0.325 e. The largest absolute Gasteiger partial charge is 0.325 e. The number of carbonyl (C=O) groups excluding carboxylic acids is 1. The zero-order valence-corrected chi connectivity index (χ0v) is 12.8. The van der Waals surface area contributed by atoms with Gasteiger partial charge in [-0.1, -0.05) is 41.4 Å². The Morgan fingerprint density at radius 1 is 1.21 bits per heavy atom. The predicted octanol–water partition coefficient (Wildman–Crippen LogP) is 4.59. The average molecular weight is 339 g/mol. The molecule has 2 nitrogen and oxygen atoms in total. The number of nitrogens with one attached hydrogen (secondary N) is 1. The molecule has 4 heteroatoms. The maximum Gasteiger partial charge on any atom is 0.228 e. The third-order valence-electron chi connectivity index (χ3n) is 2.69. The first-order valence-electron chi connectivity index (χ1n) is 5.85. The van der Waals surface area contributed by atoms with Crippen LogP contribution in [0.5, 0.6) is 0 Å². The van der Waals surface area contributed by atoms with Crippen molar-refractivity contribution in [1.82, 2.24) is 0 Å². The molecule has 98 valence electrons. The van der Waals surface area contributed by atoms with Crippen LogP contribution in [-0.4, -0.2) is 5.91 Å². The van der Waals surface area contributed by atoms with Crippen molar-refractivity contribution in [1.29, 1.82) is 0 Å². The molecule has 0 atom stereocenters. The van der Waals surface area contributed by atoms with Crippen molar-refractivity contribution >= 4 is 39.1 Å². The van der Waals surface area contributed by atoms with Crippen molar-refractivity contribution in [2.75, 3.05) is 5.32 Å². The lowest BCUT2D eigenvalue weighted by atomic mass is 10.1. The van der Waals surface area contributed by atoms with Crippen LogP contribution in [0.25, 0.3) is 0 Å². The first kappa shape index (κ1) is 14.1. The summed E-state index contributed by atoms with van der Waals surface area (Å²) in [5, 5.41) is 3.44. The fraction of sp³-hybridized carbons (Fsp3) is 0.133. The van der Waals surface area contributed by atoms with Gasteiger partial charge in [-0.3, -0.25) is 4.79 Å². The van der Waals surface area contributed by atoms with E-state index in [0.29, 0.717) is 17.1 Å². The van der Waals surface area contributed by atoms with Crippen LogP contribution in [-0.2, 0) is 11.2 Å². The molecule has 19 heavy (non-hydrogen) atoms. The number of benzene rings is 2. The molecule has 2 rings (SSSR count). The van der Waals surface area contributed by atoms with Gasteiger partial charge in [0.05, 0.1) is 12.1 Å². The fourth-order valence-corrected chi connectivity index (χ4v) is 2.20. The topological polar surface area (TPSA) is 29.1 Å². The number of amides is 1. The van der Waals surface area contributed by atoms with Crippen LogP contribution in [0.2, 0.25) is 5.02 Å². The second kappa shape index (κ2) is 6.22. The van der Waals surface area contributed by atoms with Crippen molar-refractivity contribution in [3.63, 3.8) is 0 Å². The number of carbonyl (C=O) groups is 1. The van der Waals surface area contributed by atoms with Gasteiger partial charge in [0.2, 0.25) is 5.91 Å². The zero-order valence-electron chi connectivity index (χ0n) is 10.4. The number of aryl methyl sites for hydroxylation is 1. The molecule has 0 bridgehead atoms. The Morgan fingerprint density at radius 2 is 1.89 bits per heavy atom.